The Morgan fingerprint density at radius 3 is 2.60 bits per heavy atom. The average Bonchev–Trinajstić information content (AvgIpc) is 3.08. The van der Waals surface area contributed by atoms with Crippen LogP contribution in [0.25, 0.3) is 11.3 Å². The number of carbonyl (C=O) groups is 1. The zero-order valence-electron chi connectivity index (χ0n) is 13.5. The van der Waals surface area contributed by atoms with Crippen LogP contribution in [0.1, 0.15) is 17.5 Å². The second kappa shape index (κ2) is 6.85. The first-order valence-electron chi connectivity index (χ1n) is 7.83. The van der Waals surface area contributed by atoms with Gasteiger partial charge in [-0.3, -0.25) is 4.79 Å². The van der Waals surface area contributed by atoms with Crippen molar-refractivity contribution < 1.29 is 29.3 Å². The van der Waals surface area contributed by atoms with Gasteiger partial charge in [0.25, 0.3) is 5.91 Å². The number of anilines is 1. The first-order chi connectivity index (χ1) is 11.9. The summed E-state index contributed by atoms with van der Waals surface area (Å²) in [4.78, 5) is 12.3. The minimum atomic E-state index is -1.46. The highest BCUT2D eigenvalue weighted by atomic mass is 16.5. The summed E-state index contributed by atoms with van der Waals surface area (Å²) in [6, 6.07) is 10.1. The van der Waals surface area contributed by atoms with E-state index in [1.54, 1.807) is 30.3 Å². The highest BCUT2D eigenvalue weighted by Crippen LogP contribution is 2.24. The van der Waals surface area contributed by atoms with Crippen LogP contribution >= 0.6 is 0 Å². The maximum absolute atomic E-state index is 12.3. The SMILES string of the molecule is C[C@@H]1O[C@H](NC(=O)c2ccc(-c3cccc(N)c3)o2)[C@@H](O)[C@H](O)[C@@H]1O. The van der Waals surface area contributed by atoms with E-state index in [0.717, 1.165) is 5.56 Å². The van der Waals surface area contributed by atoms with E-state index in [2.05, 4.69) is 5.32 Å². The predicted molar refractivity (Wildman–Crippen MR) is 88.4 cm³/mol. The highest BCUT2D eigenvalue weighted by Gasteiger charge is 2.42. The van der Waals surface area contributed by atoms with Crippen LogP contribution in [0.4, 0.5) is 5.69 Å². The molecule has 1 aliphatic rings. The molecule has 5 atom stereocenters. The number of nitrogen functional groups attached to an aromatic ring is 1. The number of nitrogens with two attached hydrogens (primary N) is 1. The van der Waals surface area contributed by atoms with Gasteiger partial charge in [-0.25, -0.2) is 0 Å². The number of amides is 1. The molecule has 8 heteroatoms. The predicted octanol–water partition coefficient (Wildman–Crippen LogP) is 0.0861. The molecule has 1 aliphatic heterocycles. The van der Waals surface area contributed by atoms with Gasteiger partial charge in [0.2, 0.25) is 0 Å². The van der Waals surface area contributed by atoms with Gasteiger partial charge in [-0.2, -0.15) is 0 Å². The van der Waals surface area contributed by atoms with Crippen molar-refractivity contribution in [2.75, 3.05) is 5.73 Å². The molecule has 1 amide bonds. The van der Waals surface area contributed by atoms with Crippen molar-refractivity contribution in [2.45, 2.75) is 37.6 Å². The Bertz CT molecular complexity index is 761. The van der Waals surface area contributed by atoms with Crippen LogP contribution in [-0.4, -0.2) is 51.9 Å². The van der Waals surface area contributed by atoms with Gasteiger partial charge in [-0.1, -0.05) is 12.1 Å². The van der Waals surface area contributed by atoms with Gasteiger partial charge in [0.05, 0.1) is 6.10 Å². The fourth-order valence-corrected chi connectivity index (χ4v) is 2.68. The van der Waals surface area contributed by atoms with E-state index >= 15 is 0 Å². The molecule has 134 valence electrons. The molecular weight excluding hydrogens is 328 g/mol. The van der Waals surface area contributed by atoms with E-state index in [-0.39, 0.29) is 5.76 Å². The van der Waals surface area contributed by atoms with E-state index in [1.165, 1.54) is 13.0 Å². The lowest BCUT2D eigenvalue weighted by molar-refractivity contribution is -0.221. The largest absolute Gasteiger partial charge is 0.451 e. The van der Waals surface area contributed by atoms with Crippen molar-refractivity contribution in [1.29, 1.82) is 0 Å². The summed E-state index contributed by atoms with van der Waals surface area (Å²) in [5.74, 6) is -0.136. The number of benzene rings is 1. The molecule has 25 heavy (non-hydrogen) atoms. The average molecular weight is 348 g/mol. The third-order valence-corrected chi connectivity index (χ3v) is 4.13. The van der Waals surface area contributed by atoms with Gasteiger partial charge in [0, 0.05) is 11.3 Å². The zero-order chi connectivity index (χ0) is 18.1. The smallest absolute Gasteiger partial charge is 0.289 e. The van der Waals surface area contributed by atoms with Gasteiger partial charge in [0.1, 0.15) is 24.1 Å². The Labute approximate surface area is 143 Å². The van der Waals surface area contributed by atoms with Gasteiger partial charge in [0.15, 0.2) is 12.0 Å². The topological polar surface area (TPSA) is 138 Å². The monoisotopic (exact) mass is 348 g/mol. The lowest BCUT2D eigenvalue weighted by Crippen LogP contribution is -2.61. The minimum Gasteiger partial charge on any atom is -0.451 e. The molecule has 2 heterocycles. The van der Waals surface area contributed by atoms with Gasteiger partial charge in [-0.05, 0) is 31.2 Å². The first kappa shape index (κ1) is 17.4. The summed E-state index contributed by atoms with van der Waals surface area (Å²) >= 11 is 0. The standard InChI is InChI=1S/C17H20N2O6/c1-8-13(20)14(21)15(22)17(24-8)19-16(23)12-6-5-11(25-12)9-3-2-4-10(18)7-9/h2-8,13-15,17,20-22H,18H2,1H3,(H,19,23)/t8-,13+,14+,15-,17-/m0/s1. The number of furan rings is 1. The fourth-order valence-electron chi connectivity index (χ4n) is 2.68. The lowest BCUT2D eigenvalue weighted by atomic mass is 9.99. The molecule has 0 radical (unpaired) electrons. The van der Waals surface area contributed by atoms with Crippen molar-refractivity contribution in [3.8, 4) is 11.3 Å². The van der Waals surface area contributed by atoms with E-state index in [9.17, 15) is 20.1 Å². The minimum absolute atomic E-state index is 0.0153. The molecule has 0 spiro atoms. The third kappa shape index (κ3) is 3.52. The van der Waals surface area contributed by atoms with E-state index < -0.39 is 36.6 Å². The number of aliphatic hydroxyl groups excluding tert-OH is 3. The van der Waals surface area contributed by atoms with Crippen molar-refractivity contribution >= 4 is 11.6 Å². The van der Waals surface area contributed by atoms with Crippen LogP contribution in [-0.2, 0) is 4.74 Å². The molecular formula is C17H20N2O6. The van der Waals surface area contributed by atoms with E-state index in [4.69, 9.17) is 14.9 Å². The number of ether oxygens (including phenoxy) is 1. The highest BCUT2D eigenvalue weighted by molar-refractivity contribution is 5.92. The zero-order valence-corrected chi connectivity index (χ0v) is 13.5. The second-order valence-corrected chi connectivity index (χ2v) is 6.00. The number of rotatable bonds is 3. The number of aliphatic hydroxyl groups is 3. The normalized spacial score (nSPS) is 29.4. The Balaban J connectivity index is 1.72. The molecule has 1 fully saturated rings. The molecule has 0 saturated carbocycles. The molecule has 0 unspecified atom stereocenters. The number of hydrogen-bond donors (Lipinski definition) is 5. The first-order valence-corrected chi connectivity index (χ1v) is 7.83. The molecule has 6 N–H and O–H groups in total. The number of hydrogen-bond acceptors (Lipinski definition) is 7. The summed E-state index contributed by atoms with van der Waals surface area (Å²) < 4.78 is 10.9. The summed E-state index contributed by atoms with van der Waals surface area (Å²) in [5, 5.41) is 31.8. The summed E-state index contributed by atoms with van der Waals surface area (Å²) in [6.07, 6.45) is -6.03. The Hall–Kier alpha value is -2.39. The molecule has 3 rings (SSSR count). The van der Waals surface area contributed by atoms with Gasteiger partial charge < -0.3 is 35.5 Å². The third-order valence-electron chi connectivity index (χ3n) is 4.13. The van der Waals surface area contributed by atoms with Crippen LogP contribution in [0, 0.1) is 0 Å². The van der Waals surface area contributed by atoms with Gasteiger partial charge in [-0.15, -0.1) is 0 Å². The molecule has 8 nitrogen and oxygen atoms in total. The number of nitrogens with one attached hydrogen (secondary N) is 1. The fraction of sp³-hybridized carbons (Fsp3) is 0.353. The lowest BCUT2D eigenvalue weighted by Gasteiger charge is -2.39. The van der Waals surface area contributed by atoms with Crippen LogP contribution in [0.2, 0.25) is 0 Å². The van der Waals surface area contributed by atoms with Crippen LogP contribution in [0.15, 0.2) is 40.8 Å². The quantitative estimate of drug-likeness (QED) is 0.495. The molecule has 2 aromatic rings. The van der Waals surface area contributed by atoms with Crippen LogP contribution < -0.4 is 11.1 Å². The summed E-state index contributed by atoms with van der Waals surface area (Å²) in [6.45, 7) is 1.53. The molecule has 0 aliphatic carbocycles. The van der Waals surface area contributed by atoms with Crippen molar-refractivity contribution in [3.63, 3.8) is 0 Å². The van der Waals surface area contributed by atoms with Crippen LogP contribution in [0.5, 0.6) is 0 Å². The maximum atomic E-state index is 12.3. The van der Waals surface area contributed by atoms with Crippen molar-refractivity contribution in [3.05, 3.63) is 42.2 Å². The Morgan fingerprint density at radius 1 is 1.12 bits per heavy atom. The van der Waals surface area contributed by atoms with E-state index in [1.807, 2.05) is 0 Å². The second-order valence-electron chi connectivity index (χ2n) is 6.00. The van der Waals surface area contributed by atoms with Crippen LogP contribution in [0.3, 0.4) is 0 Å². The molecule has 1 aromatic carbocycles. The Kier molecular flexibility index (Phi) is 4.78. The van der Waals surface area contributed by atoms with Gasteiger partial charge >= 0.3 is 0 Å². The van der Waals surface area contributed by atoms with E-state index in [0.29, 0.717) is 11.4 Å². The molecule has 0 bridgehead atoms. The maximum Gasteiger partial charge on any atom is 0.289 e. The van der Waals surface area contributed by atoms with Crippen molar-refractivity contribution in [2.24, 2.45) is 0 Å². The summed E-state index contributed by atoms with van der Waals surface area (Å²) in [7, 11) is 0. The summed E-state index contributed by atoms with van der Waals surface area (Å²) in [5.41, 5.74) is 7.02. The van der Waals surface area contributed by atoms with Crippen molar-refractivity contribution in [1.82, 2.24) is 5.32 Å². The number of carbonyl (C=O) groups excluding carboxylic acids is 1. The Morgan fingerprint density at radius 2 is 1.88 bits per heavy atom. The molecule has 1 saturated heterocycles. The molecule has 1 aromatic heterocycles.